The highest BCUT2D eigenvalue weighted by Crippen LogP contribution is 2.16. The van der Waals surface area contributed by atoms with E-state index in [1.54, 1.807) is 16.5 Å². The van der Waals surface area contributed by atoms with Crippen molar-refractivity contribution < 1.29 is 9.53 Å². The van der Waals surface area contributed by atoms with E-state index in [2.05, 4.69) is 10.9 Å². The van der Waals surface area contributed by atoms with Crippen LogP contribution in [0.15, 0.2) is 18.2 Å². The minimum absolute atomic E-state index is 0.397. The van der Waals surface area contributed by atoms with Gasteiger partial charge in [0, 0.05) is 0 Å². The molecule has 0 bridgehead atoms. The molecule has 2 aromatic rings. The van der Waals surface area contributed by atoms with Crippen LogP contribution in [-0.2, 0) is 11.2 Å². The number of aromatic nitrogens is 2. The monoisotopic (exact) mass is 228 g/mol. The van der Waals surface area contributed by atoms with Crippen molar-refractivity contribution in [1.82, 2.24) is 9.38 Å². The number of methoxy groups -OCH3 is 1. The molecular weight excluding hydrogens is 216 g/mol. The second-order valence-corrected chi connectivity index (χ2v) is 3.62. The Morgan fingerprint density at radius 1 is 1.59 bits per heavy atom. The molecule has 86 valence electrons. The standard InChI is InChI=1S/C13H12N2O2/c1-4-6-10-9(2)14-12-8-5-7-11(15(10)12)13(16)17-3/h1,5,7-8H,6H2,2-3H3. The van der Waals surface area contributed by atoms with Gasteiger partial charge in [0.15, 0.2) is 0 Å². The normalized spacial score (nSPS) is 10.2. The first-order valence-electron chi connectivity index (χ1n) is 5.17. The van der Waals surface area contributed by atoms with Crippen molar-refractivity contribution in [3.05, 3.63) is 35.3 Å². The van der Waals surface area contributed by atoms with Crippen LogP contribution in [0.1, 0.15) is 21.9 Å². The Kier molecular flexibility index (Phi) is 2.84. The third-order valence-corrected chi connectivity index (χ3v) is 2.60. The van der Waals surface area contributed by atoms with Gasteiger partial charge in [-0.25, -0.2) is 9.78 Å². The van der Waals surface area contributed by atoms with Gasteiger partial charge in [0.05, 0.1) is 24.9 Å². The molecular formula is C13H12N2O2. The van der Waals surface area contributed by atoms with Crippen LogP contribution in [0.4, 0.5) is 0 Å². The Morgan fingerprint density at radius 2 is 2.35 bits per heavy atom. The van der Waals surface area contributed by atoms with Gasteiger partial charge in [0.2, 0.25) is 0 Å². The van der Waals surface area contributed by atoms with Crippen molar-refractivity contribution in [2.75, 3.05) is 7.11 Å². The van der Waals surface area contributed by atoms with E-state index in [0.717, 1.165) is 11.4 Å². The number of carbonyl (C=O) groups is 1. The van der Waals surface area contributed by atoms with Crippen LogP contribution in [0, 0.1) is 19.3 Å². The molecule has 0 radical (unpaired) electrons. The SMILES string of the molecule is C#CCc1c(C)nc2cccc(C(=O)OC)n12. The molecule has 4 heteroatoms. The van der Waals surface area contributed by atoms with Crippen LogP contribution in [0.25, 0.3) is 5.65 Å². The van der Waals surface area contributed by atoms with Gasteiger partial charge in [0.25, 0.3) is 0 Å². The molecule has 0 aromatic carbocycles. The van der Waals surface area contributed by atoms with Gasteiger partial charge in [-0.15, -0.1) is 12.3 Å². The van der Waals surface area contributed by atoms with Crippen molar-refractivity contribution in [2.45, 2.75) is 13.3 Å². The highest BCUT2D eigenvalue weighted by molar-refractivity contribution is 5.88. The maximum absolute atomic E-state index is 11.7. The van der Waals surface area contributed by atoms with Crippen LogP contribution >= 0.6 is 0 Å². The number of hydrogen-bond donors (Lipinski definition) is 0. The van der Waals surface area contributed by atoms with Gasteiger partial charge >= 0.3 is 5.97 Å². The van der Waals surface area contributed by atoms with Gasteiger partial charge in [-0.2, -0.15) is 0 Å². The number of pyridine rings is 1. The van der Waals surface area contributed by atoms with Gasteiger partial charge in [-0.3, -0.25) is 4.40 Å². The molecule has 2 rings (SSSR count). The van der Waals surface area contributed by atoms with Crippen molar-refractivity contribution >= 4 is 11.6 Å². The maximum atomic E-state index is 11.7. The first kappa shape index (κ1) is 11.2. The summed E-state index contributed by atoms with van der Waals surface area (Å²) in [5.74, 6) is 2.18. The highest BCUT2D eigenvalue weighted by Gasteiger charge is 2.15. The van der Waals surface area contributed by atoms with Crippen molar-refractivity contribution in [1.29, 1.82) is 0 Å². The lowest BCUT2D eigenvalue weighted by Crippen LogP contribution is -2.09. The van der Waals surface area contributed by atoms with E-state index in [-0.39, 0.29) is 0 Å². The van der Waals surface area contributed by atoms with Gasteiger partial charge in [-0.1, -0.05) is 6.07 Å². The molecule has 2 aromatic heterocycles. The first-order chi connectivity index (χ1) is 8.19. The van der Waals surface area contributed by atoms with E-state index < -0.39 is 5.97 Å². The van der Waals surface area contributed by atoms with E-state index in [1.807, 2.05) is 13.0 Å². The summed E-state index contributed by atoms with van der Waals surface area (Å²) >= 11 is 0. The van der Waals surface area contributed by atoms with Gasteiger partial charge in [0.1, 0.15) is 11.3 Å². The number of aryl methyl sites for hydroxylation is 1. The number of ether oxygens (including phenoxy) is 1. The number of nitrogens with zero attached hydrogens (tertiary/aromatic N) is 2. The smallest absolute Gasteiger partial charge is 0.355 e. The van der Waals surface area contributed by atoms with E-state index >= 15 is 0 Å². The van der Waals surface area contributed by atoms with E-state index in [9.17, 15) is 4.79 Å². The molecule has 0 saturated carbocycles. The third kappa shape index (κ3) is 1.76. The lowest BCUT2D eigenvalue weighted by molar-refractivity contribution is 0.0592. The lowest BCUT2D eigenvalue weighted by Gasteiger charge is -2.05. The molecule has 0 atom stereocenters. The molecule has 17 heavy (non-hydrogen) atoms. The van der Waals surface area contributed by atoms with Crippen molar-refractivity contribution in [2.24, 2.45) is 0 Å². The number of imidazole rings is 1. The second-order valence-electron chi connectivity index (χ2n) is 3.62. The van der Waals surface area contributed by atoms with E-state index in [1.165, 1.54) is 7.11 Å². The van der Waals surface area contributed by atoms with Crippen LogP contribution in [-0.4, -0.2) is 22.5 Å². The molecule has 0 N–H and O–H groups in total. The average molecular weight is 228 g/mol. The fourth-order valence-electron chi connectivity index (χ4n) is 1.83. The predicted molar refractivity (Wildman–Crippen MR) is 63.8 cm³/mol. The van der Waals surface area contributed by atoms with Crippen molar-refractivity contribution in [3.63, 3.8) is 0 Å². The Labute approximate surface area is 99.2 Å². The van der Waals surface area contributed by atoms with E-state index in [4.69, 9.17) is 11.2 Å². The molecule has 0 saturated heterocycles. The summed E-state index contributed by atoms with van der Waals surface area (Å²) in [7, 11) is 1.35. The number of rotatable bonds is 2. The minimum Gasteiger partial charge on any atom is -0.464 e. The third-order valence-electron chi connectivity index (χ3n) is 2.60. The first-order valence-corrected chi connectivity index (χ1v) is 5.17. The van der Waals surface area contributed by atoms with Gasteiger partial charge < -0.3 is 4.74 Å². The minimum atomic E-state index is -0.397. The Balaban J connectivity index is 2.77. The zero-order valence-electron chi connectivity index (χ0n) is 9.73. The Hall–Kier alpha value is -2.28. The highest BCUT2D eigenvalue weighted by atomic mass is 16.5. The summed E-state index contributed by atoms with van der Waals surface area (Å²) in [6.45, 7) is 1.88. The maximum Gasteiger partial charge on any atom is 0.355 e. The molecule has 0 aliphatic heterocycles. The van der Waals surface area contributed by atoms with Crippen LogP contribution < -0.4 is 0 Å². The quantitative estimate of drug-likeness (QED) is 0.579. The summed E-state index contributed by atoms with van der Waals surface area (Å²) in [5, 5.41) is 0. The zero-order chi connectivity index (χ0) is 12.4. The molecule has 0 fully saturated rings. The summed E-state index contributed by atoms with van der Waals surface area (Å²) in [6, 6.07) is 5.30. The lowest BCUT2D eigenvalue weighted by atomic mass is 10.2. The fraction of sp³-hybridized carbons (Fsp3) is 0.231. The summed E-state index contributed by atoms with van der Waals surface area (Å²) in [6.07, 6.45) is 5.76. The largest absolute Gasteiger partial charge is 0.464 e. The Morgan fingerprint density at radius 3 is 3.00 bits per heavy atom. The zero-order valence-corrected chi connectivity index (χ0v) is 9.73. The van der Waals surface area contributed by atoms with Crippen LogP contribution in [0.5, 0.6) is 0 Å². The molecule has 0 aliphatic carbocycles. The molecule has 4 nitrogen and oxygen atoms in total. The molecule has 2 heterocycles. The van der Waals surface area contributed by atoms with Crippen molar-refractivity contribution in [3.8, 4) is 12.3 Å². The van der Waals surface area contributed by atoms with Crippen LogP contribution in [0.2, 0.25) is 0 Å². The molecule has 0 amide bonds. The number of fused-ring (bicyclic) bond motifs is 1. The fourth-order valence-corrected chi connectivity index (χ4v) is 1.83. The van der Waals surface area contributed by atoms with E-state index in [0.29, 0.717) is 17.8 Å². The number of terminal acetylenes is 1. The van der Waals surface area contributed by atoms with Gasteiger partial charge in [-0.05, 0) is 19.1 Å². The molecule has 0 spiro atoms. The number of carbonyl (C=O) groups excluding carboxylic acids is 1. The second kappa shape index (κ2) is 4.30. The summed E-state index contributed by atoms with van der Waals surface area (Å²) in [4.78, 5) is 16.0. The molecule has 0 aliphatic rings. The van der Waals surface area contributed by atoms with Crippen LogP contribution in [0.3, 0.4) is 0 Å². The Bertz CT molecular complexity index is 620. The topological polar surface area (TPSA) is 43.6 Å². The number of hydrogen-bond acceptors (Lipinski definition) is 3. The summed E-state index contributed by atoms with van der Waals surface area (Å²) < 4.78 is 6.50. The average Bonchev–Trinajstić information content (AvgIpc) is 2.65. The molecule has 0 unspecified atom stereocenters. The number of esters is 1. The summed E-state index contributed by atoms with van der Waals surface area (Å²) in [5.41, 5.74) is 2.83. The predicted octanol–water partition coefficient (Wildman–Crippen LogP) is 1.61.